The number of carbonyl (C=O) groups excluding carboxylic acids is 1. The third kappa shape index (κ3) is 3.78. The van der Waals surface area contributed by atoms with Crippen LogP contribution in [-0.2, 0) is 17.1 Å². The van der Waals surface area contributed by atoms with E-state index in [1.165, 1.54) is 16.8 Å². The van der Waals surface area contributed by atoms with Crippen molar-refractivity contribution in [1.29, 1.82) is 0 Å². The average Bonchev–Trinajstić information content (AvgIpc) is 3.28. The van der Waals surface area contributed by atoms with Crippen LogP contribution in [0.15, 0.2) is 34.1 Å². The summed E-state index contributed by atoms with van der Waals surface area (Å²) in [5.41, 5.74) is 0.226. The van der Waals surface area contributed by atoms with E-state index in [4.69, 9.17) is 0 Å². The quantitative estimate of drug-likeness (QED) is 0.806. The summed E-state index contributed by atoms with van der Waals surface area (Å²) in [5.74, 6) is -0.00623. The van der Waals surface area contributed by atoms with Gasteiger partial charge in [-0.1, -0.05) is 19.8 Å². The Balaban J connectivity index is 1.72. The van der Waals surface area contributed by atoms with Gasteiger partial charge in [0.25, 0.3) is 5.91 Å². The Bertz CT molecular complexity index is 1130. The van der Waals surface area contributed by atoms with Crippen LogP contribution in [0.2, 0.25) is 0 Å². The molecule has 0 spiro atoms. The van der Waals surface area contributed by atoms with E-state index >= 15 is 0 Å². The Hall–Kier alpha value is -2.19. The molecule has 2 atom stereocenters. The topological polar surface area (TPSA) is 88.5 Å². The normalized spacial score (nSPS) is 23.0. The maximum Gasteiger partial charge on any atom is 0.256 e. The highest BCUT2D eigenvalue weighted by atomic mass is 32.2. The molecule has 1 aliphatic heterocycles. The molecule has 2 fully saturated rings. The predicted octanol–water partition coefficient (Wildman–Crippen LogP) is 2.63. The smallest absolute Gasteiger partial charge is 0.256 e. The molecular formula is C22H29N3O4S. The molecule has 2 heterocycles. The van der Waals surface area contributed by atoms with Crippen molar-refractivity contribution in [2.45, 2.75) is 56.4 Å². The zero-order valence-electron chi connectivity index (χ0n) is 17.6. The Morgan fingerprint density at radius 1 is 1.10 bits per heavy atom. The van der Waals surface area contributed by atoms with Crippen LogP contribution in [0, 0.1) is 5.92 Å². The van der Waals surface area contributed by atoms with Gasteiger partial charge in [0.05, 0.1) is 10.4 Å². The van der Waals surface area contributed by atoms with Crippen molar-refractivity contribution in [1.82, 2.24) is 14.2 Å². The maximum atomic E-state index is 13.2. The number of rotatable bonds is 4. The molecule has 1 saturated heterocycles. The summed E-state index contributed by atoms with van der Waals surface area (Å²) >= 11 is 0. The lowest BCUT2D eigenvalue weighted by Crippen LogP contribution is -2.42. The van der Waals surface area contributed by atoms with Gasteiger partial charge in [0.2, 0.25) is 15.5 Å². The van der Waals surface area contributed by atoms with Crippen LogP contribution in [-0.4, -0.2) is 42.3 Å². The van der Waals surface area contributed by atoms with Gasteiger partial charge in [-0.15, -0.1) is 0 Å². The van der Waals surface area contributed by atoms with Gasteiger partial charge in [-0.2, -0.15) is 4.31 Å². The van der Waals surface area contributed by atoms with Crippen LogP contribution in [0.3, 0.4) is 0 Å². The first-order chi connectivity index (χ1) is 14.3. The number of aromatic nitrogens is 1. The number of amides is 1. The van der Waals surface area contributed by atoms with E-state index in [1.807, 2.05) is 0 Å². The van der Waals surface area contributed by atoms with Crippen molar-refractivity contribution in [3.8, 4) is 0 Å². The summed E-state index contributed by atoms with van der Waals surface area (Å²) in [4.78, 5) is 26.2. The highest BCUT2D eigenvalue weighted by Gasteiger charge is 2.28. The van der Waals surface area contributed by atoms with Crippen molar-refractivity contribution in [3.63, 3.8) is 0 Å². The molecule has 2 aromatic rings. The van der Waals surface area contributed by atoms with Gasteiger partial charge in [0, 0.05) is 37.8 Å². The molecule has 1 N–H and O–H groups in total. The molecular weight excluding hydrogens is 402 g/mol. The van der Waals surface area contributed by atoms with Gasteiger partial charge in [-0.05, 0) is 49.8 Å². The number of pyridine rings is 1. The molecule has 0 unspecified atom stereocenters. The van der Waals surface area contributed by atoms with Gasteiger partial charge in [-0.3, -0.25) is 9.59 Å². The minimum Gasteiger partial charge on any atom is -0.350 e. The summed E-state index contributed by atoms with van der Waals surface area (Å²) < 4.78 is 29.0. The number of hydrogen-bond donors (Lipinski definition) is 1. The second-order valence-corrected chi connectivity index (χ2v) is 10.6. The summed E-state index contributed by atoms with van der Waals surface area (Å²) in [6.45, 7) is 3.12. The van der Waals surface area contributed by atoms with Crippen LogP contribution in [0.4, 0.5) is 0 Å². The van der Waals surface area contributed by atoms with Crippen LogP contribution in [0.5, 0.6) is 0 Å². The van der Waals surface area contributed by atoms with E-state index in [0.29, 0.717) is 24.5 Å². The molecule has 1 amide bonds. The summed E-state index contributed by atoms with van der Waals surface area (Å²) in [5, 5.41) is 3.28. The lowest BCUT2D eigenvalue weighted by Gasteiger charge is -2.29. The van der Waals surface area contributed by atoms with Crippen LogP contribution in [0.1, 0.15) is 55.8 Å². The van der Waals surface area contributed by atoms with Gasteiger partial charge in [-0.25, -0.2) is 8.42 Å². The third-order valence-corrected chi connectivity index (χ3v) is 8.43. The van der Waals surface area contributed by atoms with Crippen molar-refractivity contribution in [2.24, 2.45) is 13.0 Å². The first-order valence-electron chi connectivity index (χ1n) is 10.7. The van der Waals surface area contributed by atoms with Crippen molar-refractivity contribution >= 4 is 26.8 Å². The SMILES string of the molecule is C[C@H]1CCCC[C@@H]1NC(=O)c1cn(C)c2ccc(S(=O)(=O)N3CCCC3)cc2c1=O. The van der Waals surface area contributed by atoms with Gasteiger partial charge in [0.1, 0.15) is 5.56 Å². The molecule has 0 radical (unpaired) electrons. The molecule has 2 aliphatic rings. The molecule has 1 aromatic heterocycles. The number of hydrogen-bond acceptors (Lipinski definition) is 4. The van der Waals surface area contributed by atoms with E-state index in [1.54, 1.807) is 29.9 Å². The summed E-state index contributed by atoms with van der Waals surface area (Å²) in [6, 6.07) is 4.67. The Kier molecular flexibility index (Phi) is 5.72. The fourth-order valence-electron chi connectivity index (χ4n) is 4.65. The van der Waals surface area contributed by atoms with E-state index < -0.39 is 15.5 Å². The molecule has 1 aliphatic carbocycles. The minimum atomic E-state index is -3.64. The number of benzene rings is 1. The number of sulfonamides is 1. The Labute approximate surface area is 177 Å². The first kappa shape index (κ1) is 21.1. The summed E-state index contributed by atoms with van der Waals surface area (Å²) in [6.07, 6.45) is 7.46. The van der Waals surface area contributed by atoms with E-state index in [2.05, 4.69) is 12.2 Å². The maximum absolute atomic E-state index is 13.2. The second kappa shape index (κ2) is 8.15. The van der Waals surface area contributed by atoms with Gasteiger partial charge >= 0.3 is 0 Å². The van der Waals surface area contributed by atoms with E-state index in [9.17, 15) is 18.0 Å². The zero-order valence-corrected chi connectivity index (χ0v) is 18.4. The number of carbonyl (C=O) groups is 1. The molecule has 1 aromatic carbocycles. The minimum absolute atomic E-state index is 0.0542. The number of nitrogens with one attached hydrogen (secondary N) is 1. The lowest BCUT2D eigenvalue weighted by molar-refractivity contribution is 0.0908. The zero-order chi connectivity index (χ0) is 21.5. The Morgan fingerprint density at radius 2 is 1.80 bits per heavy atom. The molecule has 4 rings (SSSR count). The highest BCUT2D eigenvalue weighted by Crippen LogP contribution is 2.25. The first-order valence-corrected chi connectivity index (χ1v) is 12.2. The molecule has 162 valence electrons. The third-order valence-electron chi connectivity index (χ3n) is 6.54. The number of nitrogens with zero attached hydrogens (tertiary/aromatic N) is 2. The van der Waals surface area contributed by atoms with Crippen LogP contribution < -0.4 is 10.7 Å². The second-order valence-electron chi connectivity index (χ2n) is 8.61. The average molecular weight is 432 g/mol. The molecule has 1 saturated carbocycles. The molecule has 0 bridgehead atoms. The lowest BCUT2D eigenvalue weighted by atomic mass is 9.86. The fourth-order valence-corrected chi connectivity index (χ4v) is 6.19. The monoisotopic (exact) mass is 431 g/mol. The largest absolute Gasteiger partial charge is 0.350 e. The van der Waals surface area contributed by atoms with Crippen molar-refractivity contribution in [2.75, 3.05) is 13.1 Å². The standard InChI is InChI=1S/C22H29N3O4S/c1-15-7-3-4-8-19(15)23-22(27)18-14-24(2)20-10-9-16(13-17(20)21(18)26)30(28,29)25-11-5-6-12-25/h9-10,13-15,19H,3-8,11-12H2,1-2H3,(H,23,27)/t15-,19-/m0/s1. The Morgan fingerprint density at radius 3 is 2.50 bits per heavy atom. The predicted molar refractivity (Wildman–Crippen MR) is 116 cm³/mol. The van der Waals surface area contributed by atoms with E-state index in [-0.39, 0.29) is 27.8 Å². The number of aryl methyl sites for hydroxylation is 1. The van der Waals surface area contributed by atoms with Crippen molar-refractivity contribution in [3.05, 3.63) is 40.2 Å². The van der Waals surface area contributed by atoms with Gasteiger partial charge in [0.15, 0.2) is 0 Å². The van der Waals surface area contributed by atoms with E-state index in [0.717, 1.165) is 32.1 Å². The fraction of sp³-hybridized carbons (Fsp3) is 0.545. The molecule has 30 heavy (non-hydrogen) atoms. The summed E-state index contributed by atoms with van der Waals surface area (Å²) in [7, 11) is -1.88. The highest BCUT2D eigenvalue weighted by molar-refractivity contribution is 7.89. The molecule has 8 heteroatoms. The van der Waals surface area contributed by atoms with Crippen LogP contribution >= 0.6 is 0 Å². The van der Waals surface area contributed by atoms with Crippen LogP contribution in [0.25, 0.3) is 10.9 Å². The van der Waals surface area contributed by atoms with Crippen molar-refractivity contribution < 1.29 is 13.2 Å². The van der Waals surface area contributed by atoms with Gasteiger partial charge < -0.3 is 9.88 Å². The molecule has 7 nitrogen and oxygen atoms in total. The number of fused-ring (bicyclic) bond motifs is 1.